The lowest BCUT2D eigenvalue weighted by Gasteiger charge is -2.47. The number of methoxy groups -OCH3 is 2. The minimum atomic E-state index is -5.55. The van der Waals surface area contributed by atoms with Crippen molar-refractivity contribution >= 4 is 55.4 Å². The molecule has 588 valence electrons. The number of ether oxygens (including phenoxy) is 4. The van der Waals surface area contributed by atoms with Crippen molar-refractivity contribution in [3.05, 3.63) is 124 Å². The standard InChI is InChI=1S/C71H83F10N10O16P/c1-39-22-45(28-57(93)82-20-18-58(94)95)61(55(23-39)107-108(100,101)102)67(2,3)30-60(97)106-56(36-89(87-63(98)50(29-59(96)103-8)68(4,5)70(76,77)78)35-49-51(72)25-43(26-52(49)73)53-19-21-90(86-53)64(74)75)44(27-54(92)62(85-66(99)104-9)69(6,7)71(79,80)81)24-41-13-10-40(11-14-41)12-15-42-31-83-65(84-32-42)88-33-46-16-17-47(34-88)91(46)48-37-105-38-48/h10-11,13-14,19,21-23,25-26,31-32,44,46-48,50,56,62,64H,16-18,20,24,27-30,33-38H2,1-9H3,(H,82,93)(H,85,99)(H,87,98)(H,94,95)(H2,100,101,102)/t44-,46?,47?,50-,56+,62-/m1/s1. The second kappa shape index (κ2) is 34.5. The van der Waals surface area contributed by atoms with E-state index in [1.165, 1.54) is 51.1 Å². The molecule has 8 rings (SSSR count). The third kappa shape index (κ3) is 21.4. The van der Waals surface area contributed by atoms with Crippen LogP contribution >= 0.6 is 7.82 Å². The first kappa shape index (κ1) is 84.4. The van der Waals surface area contributed by atoms with Gasteiger partial charge in [-0.05, 0) is 93.1 Å². The highest BCUT2D eigenvalue weighted by Gasteiger charge is 2.57. The maximum Gasteiger partial charge on any atom is 0.524 e. The number of aryl methyl sites for hydroxylation is 1. The lowest BCUT2D eigenvalue weighted by molar-refractivity contribution is -0.231. The Labute approximate surface area is 614 Å². The molecule has 3 saturated heterocycles. The van der Waals surface area contributed by atoms with Crippen LogP contribution in [0.15, 0.2) is 73.2 Å². The number of amides is 3. The molecule has 0 aliphatic carbocycles. The van der Waals surface area contributed by atoms with Gasteiger partial charge in [0, 0.05) is 96.9 Å². The lowest BCUT2D eigenvalue weighted by Crippen LogP contribution is -2.62. The van der Waals surface area contributed by atoms with Crippen LogP contribution in [0.25, 0.3) is 11.3 Å². The molecule has 26 nitrogen and oxygen atoms in total. The molecular weight excluding hydrogens is 1470 g/mol. The zero-order valence-corrected chi connectivity index (χ0v) is 61.1. The molecule has 5 aromatic rings. The number of carbonyl (C=O) groups excluding carboxylic acids is 6. The molecule has 5 heterocycles. The van der Waals surface area contributed by atoms with Crippen molar-refractivity contribution in [2.45, 2.75) is 161 Å². The Morgan fingerprint density at radius 2 is 1.41 bits per heavy atom. The van der Waals surface area contributed by atoms with Crippen molar-refractivity contribution < 1.29 is 120 Å². The molecule has 2 aromatic heterocycles. The smallest absolute Gasteiger partial charge is 0.481 e. The Balaban J connectivity index is 1.27. The monoisotopic (exact) mass is 1550 g/mol. The van der Waals surface area contributed by atoms with Crippen LogP contribution in [0.4, 0.5) is 54.6 Å². The van der Waals surface area contributed by atoms with Gasteiger partial charge in [0.2, 0.25) is 17.8 Å². The number of phosphoric ester groups is 1. The number of aliphatic carboxylic acids is 1. The maximum absolute atomic E-state index is 16.9. The number of piperazine rings is 1. The number of esters is 2. The fourth-order valence-electron chi connectivity index (χ4n) is 13.4. The number of phosphoric acid groups is 1. The predicted octanol–water partition coefficient (Wildman–Crippen LogP) is 9.39. The number of Topliss-reactive ketones (excluding diaryl/α,β-unsaturated/α-hetero) is 1. The van der Waals surface area contributed by atoms with Crippen LogP contribution in [-0.4, -0.2) is 182 Å². The van der Waals surface area contributed by atoms with E-state index in [2.05, 4.69) is 56.9 Å². The normalized spacial score (nSPS) is 17.0. The Bertz CT molecular complexity index is 4180. The molecular formula is C71H83F10N10O16P. The quantitative estimate of drug-likeness (QED) is 0.00583. The molecule has 3 aliphatic heterocycles. The average molecular weight is 1550 g/mol. The van der Waals surface area contributed by atoms with E-state index < -0.39 is 194 Å². The van der Waals surface area contributed by atoms with Gasteiger partial charge < -0.3 is 44.1 Å². The van der Waals surface area contributed by atoms with Crippen LogP contribution in [0.2, 0.25) is 0 Å². The number of carbonyl (C=O) groups is 7. The topological polar surface area (TPSA) is 333 Å². The summed E-state index contributed by atoms with van der Waals surface area (Å²) in [5.41, 5.74) is -7.21. The average Bonchev–Trinajstić information content (AvgIpc) is 1.45. The Morgan fingerprint density at radius 1 is 0.796 bits per heavy atom. The van der Waals surface area contributed by atoms with Crippen LogP contribution in [0, 0.1) is 53.1 Å². The highest BCUT2D eigenvalue weighted by atomic mass is 31.2. The Kier molecular flexibility index (Phi) is 27.0. The summed E-state index contributed by atoms with van der Waals surface area (Å²) in [4.78, 5) is 130. The lowest BCUT2D eigenvalue weighted by atomic mass is 9.75. The number of carboxylic acid groups (broad SMARTS) is 1. The highest BCUT2D eigenvalue weighted by molar-refractivity contribution is 7.46. The number of anilines is 1. The second-order valence-corrected chi connectivity index (χ2v) is 29.7. The van der Waals surface area contributed by atoms with Crippen LogP contribution in [-0.2, 0) is 77.1 Å². The molecule has 3 amide bonds. The summed E-state index contributed by atoms with van der Waals surface area (Å²) in [6.07, 6.45) is -13.8. The summed E-state index contributed by atoms with van der Waals surface area (Å²) in [7, 11) is -3.98. The number of hydrogen-bond acceptors (Lipinski definition) is 19. The molecule has 37 heteroatoms. The van der Waals surface area contributed by atoms with E-state index in [4.69, 9.17) is 14.0 Å². The first-order valence-electron chi connectivity index (χ1n) is 33.9. The number of nitrogens with one attached hydrogen (secondary N) is 3. The first-order chi connectivity index (χ1) is 50.4. The van der Waals surface area contributed by atoms with Gasteiger partial charge in [-0.25, -0.2) is 37.8 Å². The van der Waals surface area contributed by atoms with Gasteiger partial charge in [-0.2, -0.15) is 40.2 Å². The number of fused-ring (bicyclic) bond motifs is 2. The van der Waals surface area contributed by atoms with Gasteiger partial charge in [0.15, 0.2) is 5.78 Å². The number of alkyl halides is 8. The largest absolute Gasteiger partial charge is 0.524 e. The molecule has 108 heavy (non-hydrogen) atoms. The number of rotatable bonds is 32. The zero-order valence-electron chi connectivity index (χ0n) is 60.2. The molecule has 6 atom stereocenters. The van der Waals surface area contributed by atoms with Crippen LogP contribution in [0.3, 0.4) is 0 Å². The van der Waals surface area contributed by atoms with Crippen molar-refractivity contribution in [2.75, 3.05) is 58.5 Å². The minimum Gasteiger partial charge on any atom is -0.481 e. The number of alkyl carbamates (subject to hydrolysis) is 1. The van der Waals surface area contributed by atoms with E-state index in [-0.39, 0.29) is 33.5 Å². The summed E-state index contributed by atoms with van der Waals surface area (Å²) in [6, 6.07) is 8.93. The molecule has 2 unspecified atom stereocenters. The van der Waals surface area contributed by atoms with E-state index in [1.54, 1.807) is 12.4 Å². The van der Waals surface area contributed by atoms with Gasteiger partial charge in [-0.3, -0.25) is 48.9 Å². The van der Waals surface area contributed by atoms with Crippen molar-refractivity contribution in [3.63, 3.8) is 0 Å². The summed E-state index contributed by atoms with van der Waals surface area (Å²) >= 11 is 0. The summed E-state index contributed by atoms with van der Waals surface area (Å²) in [5.74, 6) is -9.62. The number of benzene rings is 3. The van der Waals surface area contributed by atoms with Gasteiger partial charge in [0.25, 0.3) is 0 Å². The van der Waals surface area contributed by atoms with E-state index in [9.17, 15) is 52.2 Å². The SMILES string of the molecule is COC(=O)C[C@H](C(=O)NN(Cc1c(F)cc(-c2ccn(C(F)F)n2)cc1F)C[C@H](OC(=O)CC(C)(C)c1c(CC(=O)NCCC(=O)O)cc(C)cc1OP(=O)(O)O)[C@@H](CC(=O)[C@@H](NC(=O)OC)C(C)(C)C(F)(F)F)Cc1ccc(C#Cc2cnc(N3CC4CCC(C3)N4C3COC3)nc2)cc1)C(C)(C)C(F)(F)F. The molecule has 2 bridgehead atoms. The molecule has 6 N–H and O–H groups in total. The predicted molar refractivity (Wildman–Crippen MR) is 364 cm³/mol. The molecule has 0 radical (unpaired) electrons. The molecule has 3 aliphatic rings. The second-order valence-electron chi connectivity index (χ2n) is 28.5. The molecule has 3 aromatic carbocycles. The van der Waals surface area contributed by atoms with Crippen LogP contribution in [0.5, 0.6) is 5.75 Å². The first-order valence-corrected chi connectivity index (χ1v) is 35.5. The minimum absolute atomic E-state index is 0.0685. The Morgan fingerprint density at radius 3 is 1.94 bits per heavy atom. The number of nitrogens with zero attached hydrogens (tertiary/aromatic N) is 7. The molecule has 3 fully saturated rings. The van der Waals surface area contributed by atoms with Crippen molar-refractivity contribution in [1.29, 1.82) is 0 Å². The number of hydrazine groups is 1. The third-order valence-electron chi connectivity index (χ3n) is 19.4. The van der Waals surface area contributed by atoms with Crippen LogP contribution < -0.4 is 25.5 Å². The van der Waals surface area contributed by atoms with Crippen molar-refractivity contribution in [3.8, 4) is 28.8 Å². The van der Waals surface area contributed by atoms with Gasteiger partial charge >= 0.3 is 50.7 Å². The van der Waals surface area contributed by atoms with E-state index >= 15 is 44.7 Å². The van der Waals surface area contributed by atoms with E-state index in [1.807, 2.05) is 5.32 Å². The number of aromatic nitrogens is 4. The number of hydrogen-bond donors (Lipinski definition) is 6. The Hall–Kier alpha value is -9.27. The van der Waals surface area contributed by atoms with Crippen LogP contribution in [0.1, 0.15) is 126 Å². The van der Waals surface area contributed by atoms with Gasteiger partial charge in [-0.1, -0.05) is 57.7 Å². The van der Waals surface area contributed by atoms with E-state index in [0.717, 1.165) is 45.4 Å². The number of ketones is 1. The van der Waals surface area contributed by atoms with Gasteiger partial charge in [0.1, 0.15) is 29.5 Å². The highest BCUT2D eigenvalue weighted by Crippen LogP contribution is 2.48. The number of halogens is 10. The fourth-order valence-corrected chi connectivity index (χ4v) is 13.8. The number of carboxylic acids is 1. The summed E-state index contributed by atoms with van der Waals surface area (Å²) < 4.78 is 191. The molecule has 0 spiro atoms. The van der Waals surface area contributed by atoms with Gasteiger partial charge in [-0.15, -0.1) is 0 Å². The van der Waals surface area contributed by atoms with Crippen molar-refractivity contribution in [2.24, 2.45) is 22.7 Å². The summed E-state index contributed by atoms with van der Waals surface area (Å²) in [5, 5.41) is 17.7. The van der Waals surface area contributed by atoms with Crippen molar-refractivity contribution in [1.82, 2.24) is 45.7 Å². The summed E-state index contributed by atoms with van der Waals surface area (Å²) in [6.45, 7) is 2.84. The zero-order chi connectivity index (χ0) is 79.8. The molecule has 0 saturated carbocycles. The van der Waals surface area contributed by atoms with E-state index in [0.29, 0.717) is 106 Å². The third-order valence-corrected chi connectivity index (χ3v) is 19.8. The van der Waals surface area contributed by atoms with Gasteiger partial charge in [0.05, 0.1) is 93.7 Å². The fraction of sp³-hybridized carbons (Fsp3) is 0.521. The maximum atomic E-state index is 16.9.